The van der Waals surface area contributed by atoms with Crippen LogP contribution in [-0.4, -0.2) is 56.4 Å². The minimum Gasteiger partial charge on any atom is -0.341 e. The van der Waals surface area contributed by atoms with Crippen LogP contribution >= 0.6 is 0 Å². The highest BCUT2D eigenvalue weighted by Gasteiger charge is 2.51. The third-order valence-electron chi connectivity index (χ3n) is 4.70. The van der Waals surface area contributed by atoms with Gasteiger partial charge in [0, 0.05) is 19.3 Å². The van der Waals surface area contributed by atoms with E-state index in [2.05, 4.69) is 19.2 Å². The van der Waals surface area contributed by atoms with Gasteiger partial charge < -0.3 is 10.2 Å². The first-order chi connectivity index (χ1) is 9.18. The molecule has 0 aromatic carbocycles. The number of nitrogens with zero attached hydrogens (tertiary/aromatic N) is 1. The summed E-state index contributed by atoms with van der Waals surface area (Å²) < 4.78 is 23.4. The summed E-state index contributed by atoms with van der Waals surface area (Å²) in [4.78, 5) is 14.7. The first-order valence-corrected chi connectivity index (χ1v) is 9.27. The Labute approximate surface area is 122 Å². The van der Waals surface area contributed by atoms with Crippen molar-refractivity contribution in [3.8, 4) is 0 Å². The minimum absolute atomic E-state index is 0.0829. The second kappa shape index (κ2) is 5.30. The number of carbonyl (C=O) groups is 1. The van der Waals surface area contributed by atoms with Gasteiger partial charge in [-0.1, -0.05) is 13.8 Å². The summed E-state index contributed by atoms with van der Waals surface area (Å²) >= 11 is 0. The first-order valence-electron chi connectivity index (χ1n) is 7.38. The number of amides is 1. The van der Waals surface area contributed by atoms with Crippen LogP contribution in [0.1, 0.15) is 39.5 Å². The lowest BCUT2D eigenvalue weighted by molar-refractivity contribution is -0.137. The van der Waals surface area contributed by atoms with Crippen molar-refractivity contribution in [1.82, 2.24) is 10.2 Å². The number of rotatable bonds is 2. The zero-order chi connectivity index (χ0) is 15.0. The Hall–Kier alpha value is -0.620. The fourth-order valence-electron chi connectivity index (χ4n) is 3.46. The van der Waals surface area contributed by atoms with Gasteiger partial charge in [0.2, 0.25) is 5.91 Å². The van der Waals surface area contributed by atoms with E-state index >= 15 is 0 Å². The molecule has 0 aromatic rings. The summed E-state index contributed by atoms with van der Waals surface area (Å²) in [6.07, 6.45) is 4.04. The van der Waals surface area contributed by atoms with E-state index in [1.54, 1.807) is 4.90 Å². The van der Waals surface area contributed by atoms with E-state index in [-0.39, 0.29) is 11.3 Å². The topological polar surface area (TPSA) is 66.5 Å². The highest BCUT2D eigenvalue weighted by Crippen LogP contribution is 2.34. The molecule has 0 unspecified atom stereocenters. The van der Waals surface area contributed by atoms with Gasteiger partial charge in [-0.15, -0.1) is 0 Å². The number of carbonyl (C=O) groups excluding carboxylic acids is 1. The molecule has 2 aliphatic rings. The van der Waals surface area contributed by atoms with Crippen molar-refractivity contribution < 1.29 is 13.2 Å². The molecule has 116 valence electrons. The van der Waals surface area contributed by atoms with E-state index < -0.39 is 14.6 Å². The lowest BCUT2D eigenvalue weighted by Gasteiger charge is -2.43. The Morgan fingerprint density at radius 3 is 2.25 bits per heavy atom. The van der Waals surface area contributed by atoms with Gasteiger partial charge in [0.05, 0.1) is 0 Å². The van der Waals surface area contributed by atoms with Crippen molar-refractivity contribution in [3.05, 3.63) is 0 Å². The average Bonchev–Trinajstić information content (AvgIpc) is 2.36. The molecule has 0 spiro atoms. The molecule has 0 aliphatic carbocycles. The molecular weight excluding hydrogens is 276 g/mol. The maximum absolute atomic E-state index is 12.9. The third kappa shape index (κ3) is 2.86. The fourth-order valence-corrected chi connectivity index (χ4v) is 4.85. The SMILES string of the molecule is CC1(C)CCCN(C(=O)C2(S(C)(=O)=O)CCNCC2)C1. The van der Waals surface area contributed by atoms with Crippen LogP contribution < -0.4 is 5.32 Å². The van der Waals surface area contributed by atoms with Gasteiger partial charge in [0.15, 0.2) is 14.6 Å². The Kier molecular flexibility index (Phi) is 4.17. The molecule has 2 aliphatic heterocycles. The predicted octanol–water partition coefficient (Wildman–Crippen LogP) is 0.802. The van der Waals surface area contributed by atoms with Crippen molar-refractivity contribution >= 4 is 15.7 Å². The van der Waals surface area contributed by atoms with Gasteiger partial charge in [-0.25, -0.2) is 8.42 Å². The number of sulfone groups is 1. The minimum atomic E-state index is -3.40. The van der Waals surface area contributed by atoms with Crippen LogP contribution in [0.3, 0.4) is 0 Å². The summed E-state index contributed by atoms with van der Waals surface area (Å²) in [5.74, 6) is -0.172. The van der Waals surface area contributed by atoms with Crippen molar-refractivity contribution in [3.63, 3.8) is 0 Å². The van der Waals surface area contributed by atoms with Crippen LogP contribution in [0.5, 0.6) is 0 Å². The van der Waals surface area contributed by atoms with Crippen LogP contribution in [0.2, 0.25) is 0 Å². The molecule has 0 atom stereocenters. The molecule has 0 bridgehead atoms. The van der Waals surface area contributed by atoms with E-state index in [4.69, 9.17) is 0 Å². The molecule has 6 heteroatoms. The molecule has 2 saturated heterocycles. The van der Waals surface area contributed by atoms with Crippen LogP contribution in [0, 0.1) is 5.41 Å². The second-order valence-electron chi connectivity index (χ2n) is 7.01. The molecule has 2 heterocycles. The number of likely N-dealkylation sites (tertiary alicyclic amines) is 1. The van der Waals surface area contributed by atoms with E-state index in [9.17, 15) is 13.2 Å². The summed E-state index contributed by atoms with van der Waals surface area (Å²) in [5.41, 5.74) is 0.0829. The zero-order valence-corrected chi connectivity index (χ0v) is 13.6. The molecule has 20 heavy (non-hydrogen) atoms. The normalized spacial score (nSPS) is 26.2. The Bertz CT molecular complexity index is 479. The standard InChI is InChI=1S/C14H26N2O3S/c1-13(2)5-4-10-16(11-13)12(17)14(20(3,18)19)6-8-15-9-7-14/h15H,4-11H2,1-3H3. The zero-order valence-electron chi connectivity index (χ0n) is 12.7. The van der Waals surface area contributed by atoms with Crippen molar-refractivity contribution in [2.45, 2.75) is 44.3 Å². The summed E-state index contributed by atoms with van der Waals surface area (Å²) in [7, 11) is -3.40. The molecule has 1 N–H and O–H groups in total. The largest absolute Gasteiger partial charge is 0.341 e. The third-order valence-corrected chi connectivity index (χ3v) is 6.70. The highest BCUT2D eigenvalue weighted by atomic mass is 32.2. The van der Waals surface area contributed by atoms with Gasteiger partial charge in [-0.05, 0) is 44.2 Å². The quantitative estimate of drug-likeness (QED) is 0.819. The lowest BCUT2D eigenvalue weighted by atomic mass is 9.83. The Balaban J connectivity index is 2.28. The summed E-state index contributed by atoms with van der Waals surface area (Å²) in [5, 5.41) is 3.15. The monoisotopic (exact) mass is 302 g/mol. The molecule has 0 aromatic heterocycles. The van der Waals surface area contributed by atoms with Gasteiger partial charge >= 0.3 is 0 Å². The van der Waals surface area contributed by atoms with E-state index in [1.165, 1.54) is 6.26 Å². The summed E-state index contributed by atoms with van der Waals surface area (Å²) in [6.45, 7) is 6.82. The highest BCUT2D eigenvalue weighted by molar-refractivity contribution is 7.92. The molecule has 2 rings (SSSR count). The van der Waals surface area contributed by atoms with Crippen LogP contribution in [0.25, 0.3) is 0 Å². The number of nitrogens with one attached hydrogen (secondary N) is 1. The average molecular weight is 302 g/mol. The molecular formula is C14H26N2O3S. The van der Waals surface area contributed by atoms with Crippen molar-refractivity contribution in [1.29, 1.82) is 0 Å². The molecule has 1 amide bonds. The first kappa shape index (κ1) is 15.8. The van der Waals surface area contributed by atoms with Crippen LogP contribution in [-0.2, 0) is 14.6 Å². The second-order valence-corrected chi connectivity index (χ2v) is 9.34. The molecule has 0 saturated carbocycles. The maximum Gasteiger partial charge on any atom is 0.244 e. The molecule has 2 fully saturated rings. The van der Waals surface area contributed by atoms with Gasteiger partial charge in [-0.2, -0.15) is 0 Å². The van der Waals surface area contributed by atoms with Crippen molar-refractivity contribution in [2.24, 2.45) is 5.41 Å². The van der Waals surface area contributed by atoms with E-state index in [0.717, 1.165) is 12.8 Å². The smallest absolute Gasteiger partial charge is 0.244 e. The van der Waals surface area contributed by atoms with Crippen molar-refractivity contribution in [2.75, 3.05) is 32.4 Å². The molecule has 0 radical (unpaired) electrons. The van der Waals surface area contributed by atoms with Gasteiger partial charge in [-0.3, -0.25) is 4.79 Å². The Morgan fingerprint density at radius 1 is 1.15 bits per heavy atom. The summed E-state index contributed by atoms with van der Waals surface area (Å²) in [6, 6.07) is 0. The number of hydrogen-bond donors (Lipinski definition) is 1. The van der Waals surface area contributed by atoms with E-state index in [0.29, 0.717) is 39.0 Å². The van der Waals surface area contributed by atoms with Crippen LogP contribution in [0.15, 0.2) is 0 Å². The Morgan fingerprint density at radius 2 is 1.75 bits per heavy atom. The fraction of sp³-hybridized carbons (Fsp3) is 0.929. The number of hydrogen-bond acceptors (Lipinski definition) is 4. The van der Waals surface area contributed by atoms with Crippen LogP contribution in [0.4, 0.5) is 0 Å². The predicted molar refractivity (Wildman–Crippen MR) is 79.3 cm³/mol. The van der Waals surface area contributed by atoms with Gasteiger partial charge in [0.1, 0.15) is 0 Å². The number of piperidine rings is 2. The molecule has 5 nitrogen and oxygen atoms in total. The lowest BCUT2D eigenvalue weighted by Crippen LogP contribution is -2.60. The van der Waals surface area contributed by atoms with Gasteiger partial charge in [0.25, 0.3) is 0 Å². The van der Waals surface area contributed by atoms with E-state index in [1.807, 2.05) is 0 Å². The maximum atomic E-state index is 12.9.